The van der Waals surface area contributed by atoms with Crippen LogP contribution in [0.5, 0.6) is 0 Å². The molecule has 0 radical (unpaired) electrons. The SMILES string of the molecule is C[C@]12C[C@@H](c3ccccc3)C[C@](CO)(CC[C@@H](NC(=O)c3ccc(F)cc3)[C@@H]1O)O2. The van der Waals surface area contributed by atoms with Crippen LogP contribution in [0.4, 0.5) is 4.39 Å². The van der Waals surface area contributed by atoms with Gasteiger partial charge < -0.3 is 20.3 Å². The Kier molecular flexibility index (Phi) is 5.66. The van der Waals surface area contributed by atoms with Crippen LogP contribution in [0.3, 0.4) is 0 Å². The summed E-state index contributed by atoms with van der Waals surface area (Å²) in [6, 6.07) is 14.9. The van der Waals surface area contributed by atoms with Crippen LogP contribution in [-0.4, -0.2) is 46.1 Å². The number of nitrogens with one attached hydrogen (secondary N) is 1. The number of ether oxygens (including phenoxy) is 1. The Morgan fingerprint density at radius 2 is 1.87 bits per heavy atom. The largest absolute Gasteiger partial charge is 0.393 e. The Balaban J connectivity index is 1.59. The standard InChI is InChI=1S/C24H28FNO4/c1-23-13-18(16-5-3-2-4-6-16)14-24(15-27,30-23)12-11-20(21(23)28)26-22(29)17-7-9-19(25)10-8-17/h2-10,18,20-21,27-28H,11-15H2,1H3,(H,26,29)/t18-,20-,21+,23+,24+/m1/s1. The van der Waals surface area contributed by atoms with Gasteiger partial charge in [-0.05, 0) is 68.4 Å². The lowest BCUT2D eigenvalue weighted by atomic mass is 9.74. The van der Waals surface area contributed by atoms with E-state index in [1.165, 1.54) is 24.3 Å². The quantitative estimate of drug-likeness (QED) is 0.720. The number of aliphatic hydroxyl groups excluding tert-OH is 2. The maximum Gasteiger partial charge on any atom is 0.251 e. The lowest BCUT2D eigenvalue weighted by Crippen LogP contribution is -2.58. The van der Waals surface area contributed by atoms with Crippen molar-refractivity contribution in [3.05, 3.63) is 71.5 Å². The van der Waals surface area contributed by atoms with Gasteiger partial charge in [-0.3, -0.25) is 4.79 Å². The molecule has 2 aromatic carbocycles. The molecular weight excluding hydrogens is 385 g/mol. The molecule has 2 fully saturated rings. The van der Waals surface area contributed by atoms with Gasteiger partial charge in [-0.1, -0.05) is 30.3 Å². The number of fused-ring (bicyclic) bond motifs is 2. The number of halogens is 1. The van der Waals surface area contributed by atoms with Crippen LogP contribution in [-0.2, 0) is 4.74 Å². The third kappa shape index (κ3) is 4.00. The van der Waals surface area contributed by atoms with Gasteiger partial charge in [0.15, 0.2) is 0 Å². The van der Waals surface area contributed by atoms with Gasteiger partial charge in [0.25, 0.3) is 5.91 Å². The number of aliphatic hydroxyl groups is 2. The molecule has 1 amide bonds. The van der Waals surface area contributed by atoms with E-state index >= 15 is 0 Å². The predicted molar refractivity (Wildman–Crippen MR) is 111 cm³/mol. The second-order valence-corrected chi connectivity index (χ2v) is 8.84. The number of rotatable bonds is 4. The first kappa shape index (κ1) is 21.0. The summed E-state index contributed by atoms with van der Waals surface area (Å²) in [6.07, 6.45) is 1.30. The highest BCUT2D eigenvalue weighted by molar-refractivity contribution is 5.94. The van der Waals surface area contributed by atoms with Crippen molar-refractivity contribution in [2.45, 2.75) is 61.9 Å². The maximum absolute atomic E-state index is 13.2. The molecular formula is C24H28FNO4. The van der Waals surface area contributed by atoms with Crippen LogP contribution in [0.2, 0.25) is 0 Å². The summed E-state index contributed by atoms with van der Waals surface area (Å²) in [5.41, 5.74) is -0.186. The molecule has 2 bridgehead atoms. The van der Waals surface area contributed by atoms with Crippen molar-refractivity contribution in [3.63, 3.8) is 0 Å². The third-order valence-electron chi connectivity index (χ3n) is 6.62. The molecule has 2 heterocycles. The minimum absolute atomic E-state index is 0.137. The van der Waals surface area contributed by atoms with Crippen molar-refractivity contribution in [1.82, 2.24) is 5.32 Å². The normalized spacial score (nSPS) is 33.5. The van der Waals surface area contributed by atoms with Gasteiger partial charge >= 0.3 is 0 Å². The van der Waals surface area contributed by atoms with E-state index in [1.807, 2.05) is 25.1 Å². The first-order valence-corrected chi connectivity index (χ1v) is 10.4. The summed E-state index contributed by atoms with van der Waals surface area (Å²) in [5, 5.41) is 24.4. The van der Waals surface area contributed by atoms with Crippen molar-refractivity contribution in [1.29, 1.82) is 0 Å². The second kappa shape index (κ2) is 8.10. The zero-order chi connectivity index (χ0) is 21.4. The molecule has 2 aromatic rings. The van der Waals surface area contributed by atoms with E-state index in [0.717, 1.165) is 5.56 Å². The van der Waals surface area contributed by atoms with E-state index in [4.69, 9.17) is 4.74 Å². The zero-order valence-corrected chi connectivity index (χ0v) is 17.1. The van der Waals surface area contributed by atoms with E-state index < -0.39 is 29.2 Å². The van der Waals surface area contributed by atoms with Gasteiger partial charge in [0.1, 0.15) is 11.9 Å². The molecule has 5 nitrogen and oxygen atoms in total. The van der Waals surface area contributed by atoms with Gasteiger partial charge in [-0.15, -0.1) is 0 Å². The highest BCUT2D eigenvalue weighted by atomic mass is 19.1. The number of amides is 1. The monoisotopic (exact) mass is 413 g/mol. The molecule has 6 heteroatoms. The average Bonchev–Trinajstić information content (AvgIpc) is 2.83. The topological polar surface area (TPSA) is 78.8 Å². The van der Waals surface area contributed by atoms with E-state index in [9.17, 15) is 19.4 Å². The molecule has 160 valence electrons. The fourth-order valence-electron chi connectivity index (χ4n) is 5.07. The Labute approximate surface area is 175 Å². The Morgan fingerprint density at radius 1 is 1.17 bits per heavy atom. The Morgan fingerprint density at radius 3 is 2.53 bits per heavy atom. The minimum Gasteiger partial charge on any atom is -0.393 e. The van der Waals surface area contributed by atoms with Crippen molar-refractivity contribution in [3.8, 4) is 0 Å². The molecule has 4 rings (SSSR count). The number of benzene rings is 2. The van der Waals surface area contributed by atoms with Crippen molar-refractivity contribution in [2.75, 3.05) is 6.61 Å². The maximum atomic E-state index is 13.2. The molecule has 30 heavy (non-hydrogen) atoms. The summed E-state index contributed by atoms with van der Waals surface area (Å²) in [5.74, 6) is -0.636. The highest BCUT2D eigenvalue weighted by Gasteiger charge is 2.54. The minimum atomic E-state index is -0.943. The molecule has 0 spiro atoms. The van der Waals surface area contributed by atoms with Gasteiger partial charge in [-0.25, -0.2) is 4.39 Å². The smallest absolute Gasteiger partial charge is 0.251 e. The summed E-state index contributed by atoms with van der Waals surface area (Å²) < 4.78 is 19.5. The molecule has 2 saturated heterocycles. The number of carbonyl (C=O) groups is 1. The molecule has 5 atom stereocenters. The fourth-order valence-corrected chi connectivity index (χ4v) is 5.07. The first-order valence-electron chi connectivity index (χ1n) is 10.4. The molecule has 0 unspecified atom stereocenters. The van der Waals surface area contributed by atoms with Gasteiger partial charge in [0, 0.05) is 5.56 Å². The predicted octanol–water partition coefficient (Wildman–Crippen LogP) is 3.16. The third-order valence-corrected chi connectivity index (χ3v) is 6.62. The molecule has 3 N–H and O–H groups in total. The van der Waals surface area contributed by atoms with Crippen LogP contribution < -0.4 is 5.32 Å². The van der Waals surface area contributed by atoms with Crippen LogP contribution in [0.25, 0.3) is 0 Å². The summed E-state index contributed by atoms with van der Waals surface area (Å²) in [4.78, 5) is 12.7. The van der Waals surface area contributed by atoms with Crippen molar-refractivity contribution >= 4 is 5.91 Å². The number of hydrogen-bond acceptors (Lipinski definition) is 4. The van der Waals surface area contributed by atoms with Gasteiger partial charge in [0.05, 0.1) is 23.9 Å². The Hall–Kier alpha value is -2.28. The van der Waals surface area contributed by atoms with Crippen LogP contribution in [0, 0.1) is 5.82 Å². The fraction of sp³-hybridized carbons (Fsp3) is 0.458. The lowest BCUT2D eigenvalue weighted by Gasteiger charge is -2.49. The Bertz CT molecular complexity index is 890. The van der Waals surface area contributed by atoms with E-state index in [2.05, 4.69) is 17.4 Å². The lowest BCUT2D eigenvalue weighted by molar-refractivity contribution is -0.230. The first-order chi connectivity index (χ1) is 14.3. The van der Waals surface area contributed by atoms with Crippen molar-refractivity contribution in [2.24, 2.45) is 0 Å². The average molecular weight is 413 g/mol. The van der Waals surface area contributed by atoms with Crippen LogP contribution >= 0.6 is 0 Å². The summed E-state index contributed by atoms with van der Waals surface area (Å²) >= 11 is 0. The van der Waals surface area contributed by atoms with Gasteiger partial charge in [-0.2, -0.15) is 0 Å². The highest BCUT2D eigenvalue weighted by Crippen LogP contribution is 2.49. The van der Waals surface area contributed by atoms with Gasteiger partial charge in [0.2, 0.25) is 0 Å². The molecule has 0 saturated carbocycles. The second-order valence-electron chi connectivity index (χ2n) is 8.84. The number of hydrogen-bond donors (Lipinski definition) is 3. The molecule has 0 aromatic heterocycles. The summed E-state index contributed by atoms with van der Waals surface area (Å²) in [6.45, 7) is 1.72. The van der Waals surface area contributed by atoms with Crippen LogP contribution in [0.15, 0.2) is 54.6 Å². The molecule has 2 aliphatic rings. The van der Waals surface area contributed by atoms with Crippen molar-refractivity contribution < 1.29 is 24.1 Å². The van der Waals surface area contributed by atoms with E-state index in [-0.39, 0.29) is 18.4 Å². The number of carbonyl (C=O) groups excluding carboxylic acids is 1. The van der Waals surface area contributed by atoms with Crippen LogP contribution in [0.1, 0.15) is 54.4 Å². The summed E-state index contributed by atoms with van der Waals surface area (Å²) in [7, 11) is 0. The molecule has 2 aliphatic heterocycles. The van der Waals surface area contributed by atoms with E-state index in [0.29, 0.717) is 31.2 Å². The molecule has 0 aliphatic carbocycles. The van der Waals surface area contributed by atoms with E-state index in [1.54, 1.807) is 0 Å². The zero-order valence-electron chi connectivity index (χ0n) is 17.1.